The Labute approximate surface area is 159 Å². The summed E-state index contributed by atoms with van der Waals surface area (Å²) in [6.07, 6.45) is 2.97. The number of nitrogens with one attached hydrogen (secondary N) is 2. The van der Waals surface area contributed by atoms with Crippen LogP contribution in [0.15, 0.2) is 53.0 Å². The number of ether oxygens (including phenoxy) is 1. The van der Waals surface area contributed by atoms with Gasteiger partial charge in [-0.1, -0.05) is 39.7 Å². The van der Waals surface area contributed by atoms with Gasteiger partial charge in [0.15, 0.2) is 6.61 Å². The molecule has 2 aromatic carbocycles. The molecule has 2 aromatic rings. The maximum absolute atomic E-state index is 11.7. The first-order valence-electron chi connectivity index (χ1n) is 7.35. The van der Waals surface area contributed by atoms with Crippen LogP contribution in [0.25, 0.3) is 6.08 Å². The molecule has 0 aliphatic heterocycles. The highest BCUT2D eigenvalue weighted by molar-refractivity contribution is 9.10. The highest BCUT2D eigenvalue weighted by atomic mass is 79.9. The molecule has 0 heterocycles. The average Bonchev–Trinajstić information content (AvgIpc) is 2.60. The summed E-state index contributed by atoms with van der Waals surface area (Å²) in [4.78, 5) is 23.3. The average molecular weight is 424 g/mol. The Bertz CT molecular complexity index is 791. The second-order valence-electron chi connectivity index (χ2n) is 5.12. The van der Waals surface area contributed by atoms with Gasteiger partial charge in [-0.05, 0) is 54.5 Å². The van der Waals surface area contributed by atoms with Crippen LogP contribution >= 0.6 is 27.5 Å². The number of carbonyl (C=O) groups excluding carboxylic acids is 2. The Balaban J connectivity index is 1.74. The van der Waals surface area contributed by atoms with E-state index in [1.54, 1.807) is 24.3 Å². The Morgan fingerprint density at radius 2 is 1.88 bits per heavy atom. The molecule has 0 bridgehead atoms. The third kappa shape index (κ3) is 6.60. The molecule has 7 heteroatoms. The lowest BCUT2D eigenvalue weighted by Gasteiger charge is -2.08. The molecule has 0 aliphatic rings. The van der Waals surface area contributed by atoms with Crippen LogP contribution in [0.3, 0.4) is 0 Å². The first-order valence-corrected chi connectivity index (χ1v) is 8.52. The first kappa shape index (κ1) is 19.0. The fourth-order valence-electron chi connectivity index (χ4n) is 1.81. The van der Waals surface area contributed by atoms with Crippen LogP contribution in [0.4, 0.5) is 0 Å². The molecule has 0 fully saturated rings. The van der Waals surface area contributed by atoms with Crippen LogP contribution in [0.5, 0.6) is 5.75 Å². The van der Waals surface area contributed by atoms with Gasteiger partial charge in [0.2, 0.25) is 0 Å². The molecule has 5 nitrogen and oxygen atoms in total. The van der Waals surface area contributed by atoms with Crippen LogP contribution in [0.2, 0.25) is 5.02 Å². The van der Waals surface area contributed by atoms with Crippen LogP contribution < -0.4 is 15.6 Å². The van der Waals surface area contributed by atoms with Crippen molar-refractivity contribution in [1.29, 1.82) is 0 Å². The second kappa shape index (κ2) is 9.25. The fourth-order valence-corrected chi connectivity index (χ4v) is 2.19. The molecule has 2 amide bonds. The van der Waals surface area contributed by atoms with Gasteiger partial charge in [-0.2, -0.15) is 0 Å². The smallest absolute Gasteiger partial charge is 0.276 e. The van der Waals surface area contributed by atoms with Gasteiger partial charge in [0.1, 0.15) is 5.75 Å². The highest BCUT2D eigenvalue weighted by Crippen LogP contribution is 2.20. The van der Waals surface area contributed by atoms with E-state index in [0.717, 1.165) is 15.6 Å². The van der Waals surface area contributed by atoms with Crippen LogP contribution in [-0.4, -0.2) is 18.4 Å². The van der Waals surface area contributed by atoms with Crippen molar-refractivity contribution in [2.24, 2.45) is 0 Å². The lowest BCUT2D eigenvalue weighted by Crippen LogP contribution is -2.43. The maximum Gasteiger partial charge on any atom is 0.276 e. The normalized spacial score (nSPS) is 10.5. The number of carbonyl (C=O) groups is 2. The molecule has 0 unspecified atom stereocenters. The summed E-state index contributed by atoms with van der Waals surface area (Å²) in [5.41, 5.74) is 6.28. The summed E-state index contributed by atoms with van der Waals surface area (Å²) in [5, 5.41) is 0.627. The largest absolute Gasteiger partial charge is 0.484 e. The minimum atomic E-state index is -0.474. The molecular weight excluding hydrogens is 408 g/mol. The predicted molar refractivity (Wildman–Crippen MR) is 101 cm³/mol. The zero-order valence-corrected chi connectivity index (χ0v) is 15.7. The minimum Gasteiger partial charge on any atom is -0.484 e. The number of hydrogen-bond acceptors (Lipinski definition) is 3. The third-order valence-electron chi connectivity index (χ3n) is 3.12. The summed E-state index contributed by atoms with van der Waals surface area (Å²) in [5.74, 6) is -0.393. The van der Waals surface area contributed by atoms with E-state index in [4.69, 9.17) is 16.3 Å². The predicted octanol–water partition coefficient (Wildman–Crippen LogP) is 3.65. The highest BCUT2D eigenvalue weighted by Gasteiger charge is 2.05. The van der Waals surface area contributed by atoms with Gasteiger partial charge in [-0.25, -0.2) is 0 Å². The summed E-state index contributed by atoms with van der Waals surface area (Å²) >= 11 is 9.25. The van der Waals surface area contributed by atoms with Crippen molar-refractivity contribution >= 4 is 45.4 Å². The zero-order chi connectivity index (χ0) is 18.2. The third-order valence-corrected chi connectivity index (χ3v) is 4.07. The van der Waals surface area contributed by atoms with E-state index in [1.165, 1.54) is 6.08 Å². The number of hydrazine groups is 1. The molecule has 25 heavy (non-hydrogen) atoms. The van der Waals surface area contributed by atoms with E-state index < -0.39 is 11.8 Å². The number of aryl methyl sites for hydroxylation is 1. The van der Waals surface area contributed by atoms with Crippen LogP contribution in [0.1, 0.15) is 11.1 Å². The van der Waals surface area contributed by atoms with E-state index in [9.17, 15) is 9.59 Å². The van der Waals surface area contributed by atoms with Gasteiger partial charge in [0, 0.05) is 15.6 Å². The molecule has 2 N–H and O–H groups in total. The lowest BCUT2D eigenvalue weighted by molar-refractivity contribution is -0.128. The number of amides is 2. The molecule has 0 aromatic heterocycles. The molecule has 0 spiro atoms. The van der Waals surface area contributed by atoms with Crippen molar-refractivity contribution in [3.63, 3.8) is 0 Å². The number of halogens is 2. The van der Waals surface area contributed by atoms with Gasteiger partial charge in [-0.3, -0.25) is 20.4 Å². The maximum atomic E-state index is 11.7. The summed E-state index contributed by atoms with van der Waals surface area (Å²) in [7, 11) is 0. The SMILES string of the molecule is Cc1cc(OCC(=O)NNC(=O)/C=C/c2ccc(Br)cc2)ccc1Cl. The first-order chi connectivity index (χ1) is 11.9. The van der Waals surface area contributed by atoms with Crippen molar-refractivity contribution in [3.8, 4) is 5.75 Å². The number of rotatable bonds is 5. The molecule has 0 aliphatic carbocycles. The van der Waals surface area contributed by atoms with Crippen molar-refractivity contribution in [3.05, 3.63) is 69.2 Å². The van der Waals surface area contributed by atoms with Gasteiger partial charge < -0.3 is 4.74 Å². The molecule has 0 saturated heterocycles. The standard InChI is InChI=1S/C18H16BrClN2O3/c1-12-10-15(7-8-16(12)20)25-11-18(24)22-21-17(23)9-4-13-2-5-14(19)6-3-13/h2-10H,11H2,1H3,(H,21,23)(H,22,24)/b9-4+. The van der Waals surface area contributed by atoms with E-state index in [-0.39, 0.29) is 6.61 Å². The van der Waals surface area contributed by atoms with E-state index >= 15 is 0 Å². The van der Waals surface area contributed by atoms with Crippen molar-refractivity contribution in [2.45, 2.75) is 6.92 Å². The van der Waals surface area contributed by atoms with Crippen LogP contribution in [0, 0.1) is 6.92 Å². The summed E-state index contributed by atoms with van der Waals surface area (Å²) in [6, 6.07) is 12.5. The number of hydrogen-bond donors (Lipinski definition) is 2. The Kier molecular flexibility index (Phi) is 7.03. The van der Waals surface area contributed by atoms with Crippen molar-refractivity contribution < 1.29 is 14.3 Å². The quantitative estimate of drug-likeness (QED) is 0.570. The van der Waals surface area contributed by atoms with E-state index in [2.05, 4.69) is 26.8 Å². The monoisotopic (exact) mass is 422 g/mol. The minimum absolute atomic E-state index is 0.224. The molecule has 0 saturated carbocycles. The lowest BCUT2D eigenvalue weighted by atomic mass is 10.2. The van der Waals surface area contributed by atoms with E-state index in [1.807, 2.05) is 31.2 Å². The topological polar surface area (TPSA) is 67.4 Å². The molecule has 2 rings (SSSR count). The van der Waals surface area contributed by atoms with Gasteiger partial charge >= 0.3 is 0 Å². The van der Waals surface area contributed by atoms with Gasteiger partial charge in [-0.15, -0.1) is 0 Å². The molecule has 0 radical (unpaired) electrons. The van der Waals surface area contributed by atoms with Crippen molar-refractivity contribution in [2.75, 3.05) is 6.61 Å². The summed E-state index contributed by atoms with van der Waals surface area (Å²) in [6.45, 7) is 1.62. The second-order valence-corrected chi connectivity index (χ2v) is 6.44. The van der Waals surface area contributed by atoms with Crippen LogP contribution in [-0.2, 0) is 9.59 Å². The molecule has 130 valence electrons. The van der Waals surface area contributed by atoms with E-state index in [0.29, 0.717) is 10.8 Å². The zero-order valence-electron chi connectivity index (χ0n) is 13.4. The molecule has 0 atom stereocenters. The summed E-state index contributed by atoms with van der Waals surface area (Å²) < 4.78 is 6.29. The molecular formula is C18H16BrClN2O3. The van der Waals surface area contributed by atoms with Gasteiger partial charge in [0.05, 0.1) is 0 Å². The van der Waals surface area contributed by atoms with Gasteiger partial charge in [0.25, 0.3) is 11.8 Å². The van der Waals surface area contributed by atoms with Crippen molar-refractivity contribution in [1.82, 2.24) is 10.9 Å². The Hall–Kier alpha value is -2.31. The Morgan fingerprint density at radius 3 is 2.56 bits per heavy atom. The Morgan fingerprint density at radius 1 is 1.16 bits per heavy atom. The fraction of sp³-hybridized carbons (Fsp3) is 0.111. The number of benzene rings is 2.